The van der Waals surface area contributed by atoms with E-state index in [1.165, 1.54) is 24.3 Å². The highest BCUT2D eigenvalue weighted by Gasteiger charge is 2.16. The molecule has 1 aliphatic rings. The van der Waals surface area contributed by atoms with E-state index in [9.17, 15) is 14.9 Å². The normalized spacial score (nSPS) is 12.8. The molecule has 0 aliphatic carbocycles. The van der Waals surface area contributed by atoms with Crippen molar-refractivity contribution in [1.82, 2.24) is 0 Å². The lowest BCUT2D eigenvalue weighted by Gasteiger charge is -2.18. The molecule has 0 unspecified atom stereocenters. The zero-order chi connectivity index (χ0) is 14.8. The number of carbonyl (C=O) groups is 1. The average molecular weight is 285 g/mol. The summed E-state index contributed by atoms with van der Waals surface area (Å²) >= 11 is 0. The Hall–Kier alpha value is -2.89. The van der Waals surface area contributed by atoms with Crippen molar-refractivity contribution < 1.29 is 19.2 Å². The summed E-state index contributed by atoms with van der Waals surface area (Å²) in [5.41, 5.74) is 0.791. The van der Waals surface area contributed by atoms with E-state index < -0.39 is 4.92 Å². The molecule has 0 bridgehead atoms. The minimum Gasteiger partial charge on any atom is -0.486 e. The summed E-state index contributed by atoms with van der Waals surface area (Å²) in [5, 5.41) is 10.6. The second-order valence-corrected chi connectivity index (χ2v) is 4.49. The van der Waals surface area contributed by atoms with Gasteiger partial charge in [0, 0.05) is 23.3 Å². The Kier molecular flexibility index (Phi) is 3.27. The topological polar surface area (TPSA) is 78.7 Å². The molecule has 2 aromatic carbocycles. The van der Waals surface area contributed by atoms with Crippen LogP contribution >= 0.6 is 0 Å². The maximum absolute atomic E-state index is 12.3. The number of rotatable bonds is 3. The molecule has 0 N–H and O–H groups in total. The molecule has 0 spiro atoms. The summed E-state index contributed by atoms with van der Waals surface area (Å²) in [5.74, 6) is 0.928. The van der Waals surface area contributed by atoms with E-state index in [0.29, 0.717) is 35.8 Å². The number of nitro benzene ring substituents is 1. The number of hydrogen-bond acceptors (Lipinski definition) is 5. The Bertz CT molecular complexity index is 709. The van der Waals surface area contributed by atoms with Crippen LogP contribution in [0.3, 0.4) is 0 Å². The molecule has 0 radical (unpaired) electrons. The number of ketones is 1. The molecule has 21 heavy (non-hydrogen) atoms. The summed E-state index contributed by atoms with van der Waals surface area (Å²) in [6.07, 6.45) is 0. The third-order valence-corrected chi connectivity index (χ3v) is 3.14. The van der Waals surface area contributed by atoms with Gasteiger partial charge in [0.1, 0.15) is 13.2 Å². The van der Waals surface area contributed by atoms with Crippen LogP contribution in [0, 0.1) is 10.1 Å². The number of benzene rings is 2. The number of nitrogens with zero attached hydrogens (tertiary/aromatic N) is 1. The SMILES string of the molecule is O=C(c1ccc([N+](=O)[O-])cc1)c1ccc2c(c1)OCCO2. The molecule has 6 nitrogen and oxygen atoms in total. The quantitative estimate of drug-likeness (QED) is 0.492. The van der Waals surface area contributed by atoms with Crippen molar-refractivity contribution in [2.45, 2.75) is 0 Å². The second kappa shape index (κ2) is 5.24. The van der Waals surface area contributed by atoms with Crippen LogP contribution in [0.15, 0.2) is 42.5 Å². The second-order valence-electron chi connectivity index (χ2n) is 4.49. The van der Waals surface area contributed by atoms with Crippen LogP contribution in [0.2, 0.25) is 0 Å². The van der Waals surface area contributed by atoms with Gasteiger partial charge in [-0.3, -0.25) is 14.9 Å². The molecule has 1 heterocycles. The van der Waals surface area contributed by atoms with Gasteiger partial charge in [0.2, 0.25) is 0 Å². The van der Waals surface area contributed by atoms with Crippen molar-refractivity contribution in [3.8, 4) is 11.5 Å². The maximum Gasteiger partial charge on any atom is 0.269 e. The molecular formula is C15H11NO5. The van der Waals surface area contributed by atoms with Crippen LogP contribution in [-0.4, -0.2) is 23.9 Å². The Balaban J connectivity index is 1.89. The lowest BCUT2D eigenvalue weighted by molar-refractivity contribution is -0.384. The van der Waals surface area contributed by atoms with Gasteiger partial charge < -0.3 is 9.47 Å². The highest BCUT2D eigenvalue weighted by molar-refractivity contribution is 6.09. The van der Waals surface area contributed by atoms with Crippen LogP contribution in [-0.2, 0) is 0 Å². The standard InChI is InChI=1S/C15H11NO5/c17-15(10-1-4-12(5-2-10)16(18)19)11-3-6-13-14(9-11)21-8-7-20-13/h1-6,9H,7-8H2. The van der Waals surface area contributed by atoms with Gasteiger partial charge in [0.25, 0.3) is 5.69 Å². The van der Waals surface area contributed by atoms with Crippen molar-refractivity contribution in [3.05, 3.63) is 63.7 Å². The summed E-state index contributed by atoms with van der Waals surface area (Å²) in [4.78, 5) is 22.4. The third-order valence-electron chi connectivity index (χ3n) is 3.14. The predicted octanol–water partition coefficient (Wildman–Crippen LogP) is 2.60. The molecule has 2 aromatic rings. The lowest BCUT2D eigenvalue weighted by Crippen LogP contribution is -2.15. The van der Waals surface area contributed by atoms with Gasteiger partial charge in [-0.1, -0.05) is 0 Å². The summed E-state index contributed by atoms with van der Waals surface area (Å²) < 4.78 is 10.8. The number of hydrogen-bond donors (Lipinski definition) is 0. The van der Waals surface area contributed by atoms with E-state index in [1.54, 1.807) is 18.2 Å². The summed E-state index contributed by atoms with van der Waals surface area (Å²) in [7, 11) is 0. The highest BCUT2D eigenvalue weighted by Crippen LogP contribution is 2.31. The van der Waals surface area contributed by atoms with Crippen molar-refractivity contribution in [2.75, 3.05) is 13.2 Å². The Labute approximate surface area is 120 Å². The third kappa shape index (κ3) is 2.55. The van der Waals surface area contributed by atoms with Crippen molar-refractivity contribution in [3.63, 3.8) is 0 Å². The molecule has 3 rings (SSSR count). The number of ether oxygens (including phenoxy) is 2. The summed E-state index contributed by atoms with van der Waals surface area (Å²) in [6.45, 7) is 0.935. The first-order chi connectivity index (χ1) is 10.1. The molecule has 6 heteroatoms. The van der Waals surface area contributed by atoms with E-state index >= 15 is 0 Å². The number of carbonyl (C=O) groups excluding carboxylic acids is 1. The van der Waals surface area contributed by atoms with Crippen LogP contribution in [0.4, 0.5) is 5.69 Å². The van der Waals surface area contributed by atoms with Gasteiger partial charge in [-0.25, -0.2) is 0 Å². The maximum atomic E-state index is 12.3. The van der Waals surface area contributed by atoms with Crippen molar-refractivity contribution >= 4 is 11.5 Å². The Morgan fingerprint density at radius 1 is 0.952 bits per heavy atom. The fraction of sp³-hybridized carbons (Fsp3) is 0.133. The molecule has 106 valence electrons. The Morgan fingerprint density at radius 3 is 2.24 bits per heavy atom. The fourth-order valence-electron chi connectivity index (χ4n) is 2.09. The molecule has 1 aliphatic heterocycles. The first-order valence-electron chi connectivity index (χ1n) is 6.34. The lowest BCUT2D eigenvalue weighted by atomic mass is 10.0. The van der Waals surface area contributed by atoms with Crippen LogP contribution in [0.5, 0.6) is 11.5 Å². The minimum atomic E-state index is -0.502. The smallest absolute Gasteiger partial charge is 0.269 e. The average Bonchev–Trinajstić information content (AvgIpc) is 2.54. The van der Waals surface area contributed by atoms with Gasteiger partial charge in [-0.05, 0) is 30.3 Å². The molecule has 0 amide bonds. The number of nitro groups is 1. The van der Waals surface area contributed by atoms with Crippen molar-refractivity contribution in [2.24, 2.45) is 0 Å². The van der Waals surface area contributed by atoms with E-state index in [1.807, 2.05) is 0 Å². The molecule has 0 saturated carbocycles. The monoisotopic (exact) mass is 285 g/mol. The van der Waals surface area contributed by atoms with Crippen LogP contribution in [0.25, 0.3) is 0 Å². The van der Waals surface area contributed by atoms with E-state index in [4.69, 9.17) is 9.47 Å². The molecule has 0 atom stereocenters. The van der Waals surface area contributed by atoms with Crippen LogP contribution < -0.4 is 9.47 Å². The molecule has 0 aromatic heterocycles. The highest BCUT2D eigenvalue weighted by atomic mass is 16.6. The van der Waals surface area contributed by atoms with Crippen molar-refractivity contribution in [1.29, 1.82) is 0 Å². The van der Waals surface area contributed by atoms with Gasteiger partial charge >= 0.3 is 0 Å². The summed E-state index contributed by atoms with van der Waals surface area (Å²) in [6, 6.07) is 10.5. The molecular weight excluding hydrogens is 274 g/mol. The number of fused-ring (bicyclic) bond motifs is 1. The largest absolute Gasteiger partial charge is 0.486 e. The number of non-ortho nitro benzene ring substituents is 1. The van der Waals surface area contributed by atoms with Gasteiger partial charge in [0.05, 0.1) is 4.92 Å². The van der Waals surface area contributed by atoms with Gasteiger partial charge in [0.15, 0.2) is 17.3 Å². The Morgan fingerprint density at radius 2 is 1.57 bits per heavy atom. The first-order valence-corrected chi connectivity index (χ1v) is 6.34. The van der Waals surface area contributed by atoms with Gasteiger partial charge in [-0.15, -0.1) is 0 Å². The van der Waals surface area contributed by atoms with E-state index in [-0.39, 0.29) is 11.5 Å². The predicted molar refractivity (Wildman–Crippen MR) is 74.0 cm³/mol. The van der Waals surface area contributed by atoms with Crippen LogP contribution in [0.1, 0.15) is 15.9 Å². The van der Waals surface area contributed by atoms with E-state index in [0.717, 1.165) is 0 Å². The van der Waals surface area contributed by atoms with Gasteiger partial charge in [-0.2, -0.15) is 0 Å². The molecule has 0 saturated heterocycles. The fourth-order valence-corrected chi connectivity index (χ4v) is 2.09. The zero-order valence-corrected chi connectivity index (χ0v) is 10.9. The van der Waals surface area contributed by atoms with E-state index in [2.05, 4.69) is 0 Å². The first kappa shape index (κ1) is 13.1. The molecule has 0 fully saturated rings. The minimum absolute atomic E-state index is 0.0475. The zero-order valence-electron chi connectivity index (χ0n) is 10.9.